The monoisotopic (exact) mass is 234 g/mol. The van der Waals surface area contributed by atoms with E-state index in [9.17, 15) is 4.79 Å². The van der Waals surface area contributed by atoms with Gasteiger partial charge in [0.1, 0.15) is 5.76 Å². The highest BCUT2D eigenvalue weighted by Crippen LogP contribution is 2.20. The van der Waals surface area contributed by atoms with Gasteiger partial charge in [0.15, 0.2) is 0 Å². The largest absolute Gasteiger partial charge is 0.469 e. The molecular weight excluding hydrogens is 216 g/mol. The molecule has 1 amide bonds. The van der Waals surface area contributed by atoms with Crippen molar-refractivity contribution in [1.82, 2.24) is 5.43 Å². The first-order valence-electron chi connectivity index (χ1n) is 6.09. The average molecular weight is 234 g/mol. The summed E-state index contributed by atoms with van der Waals surface area (Å²) in [5.41, 5.74) is 4.27. The van der Waals surface area contributed by atoms with Gasteiger partial charge in [0.25, 0.3) is 5.91 Å². The van der Waals surface area contributed by atoms with Crippen molar-refractivity contribution in [2.24, 2.45) is 11.0 Å². The van der Waals surface area contributed by atoms with E-state index in [2.05, 4.69) is 17.5 Å². The van der Waals surface area contributed by atoms with E-state index >= 15 is 0 Å². The normalized spacial score (nSPS) is 22.7. The van der Waals surface area contributed by atoms with Crippen LogP contribution in [0.4, 0.5) is 0 Å². The summed E-state index contributed by atoms with van der Waals surface area (Å²) < 4.78 is 5.09. The highest BCUT2D eigenvalue weighted by Gasteiger charge is 2.17. The van der Waals surface area contributed by atoms with Gasteiger partial charge in [0.05, 0.1) is 11.8 Å². The average Bonchev–Trinajstić information content (AvgIpc) is 2.74. The molecule has 1 atom stereocenters. The molecule has 92 valence electrons. The molecule has 0 bridgehead atoms. The lowest BCUT2D eigenvalue weighted by Gasteiger charge is -2.19. The minimum Gasteiger partial charge on any atom is -0.469 e. The fourth-order valence-electron chi connectivity index (χ4n) is 2.14. The number of carbonyl (C=O) groups excluding carboxylic acids is 1. The Morgan fingerprint density at radius 1 is 1.53 bits per heavy atom. The van der Waals surface area contributed by atoms with E-state index in [4.69, 9.17) is 4.42 Å². The lowest BCUT2D eigenvalue weighted by Crippen LogP contribution is -2.24. The lowest BCUT2D eigenvalue weighted by molar-refractivity contribution is 0.0953. The maximum atomic E-state index is 11.8. The van der Waals surface area contributed by atoms with Crippen LogP contribution in [0.25, 0.3) is 0 Å². The van der Waals surface area contributed by atoms with Crippen molar-refractivity contribution in [2.45, 2.75) is 39.5 Å². The fraction of sp³-hybridized carbons (Fsp3) is 0.538. The van der Waals surface area contributed by atoms with Gasteiger partial charge in [-0.05, 0) is 38.2 Å². The van der Waals surface area contributed by atoms with Gasteiger partial charge < -0.3 is 4.42 Å². The molecule has 0 spiro atoms. The SMILES string of the molecule is Cc1occc1C(=O)NN=C1CCCCC1C. The molecule has 1 fully saturated rings. The molecule has 1 aliphatic carbocycles. The Kier molecular flexibility index (Phi) is 3.61. The zero-order valence-electron chi connectivity index (χ0n) is 10.3. The molecule has 1 aromatic rings. The summed E-state index contributed by atoms with van der Waals surface area (Å²) in [6.07, 6.45) is 6.10. The molecule has 1 aromatic heterocycles. The summed E-state index contributed by atoms with van der Waals surface area (Å²) in [7, 11) is 0. The molecule has 4 nitrogen and oxygen atoms in total. The smallest absolute Gasteiger partial charge is 0.274 e. The standard InChI is InChI=1S/C13H18N2O2/c1-9-5-3-4-6-12(9)14-15-13(16)11-7-8-17-10(11)2/h7-9H,3-6H2,1-2H3,(H,15,16). The first-order valence-corrected chi connectivity index (χ1v) is 6.09. The van der Waals surface area contributed by atoms with Crippen molar-refractivity contribution in [3.8, 4) is 0 Å². The van der Waals surface area contributed by atoms with E-state index in [1.54, 1.807) is 13.0 Å². The van der Waals surface area contributed by atoms with Gasteiger partial charge in [0.2, 0.25) is 0 Å². The van der Waals surface area contributed by atoms with E-state index in [1.807, 2.05) is 0 Å². The maximum Gasteiger partial charge on any atom is 0.274 e. The van der Waals surface area contributed by atoms with E-state index in [-0.39, 0.29) is 5.91 Å². The highest BCUT2D eigenvalue weighted by atomic mass is 16.3. The topological polar surface area (TPSA) is 54.6 Å². The Balaban J connectivity index is 2.00. The molecule has 0 aliphatic heterocycles. The number of hydrazone groups is 1. The molecule has 0 radical (unpaired) electrons. The quantitative estimate of drug-likeness (QED) is 0.800. The Morgan fingerprint density at radius 3 is 3.00 bits per heavy atom. The van der Waals surface area contributed by atoms with E-state index < -0.39 is 0 Å². The van der Waals surface area contributed by atoms with Gasteiger partial charge >= 0.3 is 0 Å². The van der Waals surface area contributed by atoms with E-state index in [0.717, 1.165) is 12.1 Å². The summed E-state index contributed by atoms with van der Waals surface area (Å²) in [6.45, 7) is 3.93. The highest BCUT2D eigenvalue weighted by molar-refractivity contribution is 5.96. The van der Waals surface area contributed by atoms with Crippen LogP contribution in [-0.4, -0.2) is 11.6 Å². The third kappa shape index (κ3) is 2.75. The minimum absolute atomic E-state index is 0.193. The summed E-state index contributed by atoms with van der Waals surface area (Å²) >= 11 is 0. The number of hydrogen-bond donors (Lipinski definition) is 1. The minimum atomic E-state index is -0.193. The van der Waals surface area contributed by atoms with Crippen molar-refractivity contribution in [3.63, 3.8) is 0 Å². The van der Waals surface area contributed by atoms with Crippen LogP contribution < -0.4 is 5.43 Å². The molecule has 4 heteroatoms. The van der Waals surface area contributed by atoms with Gasteiger partial charge in [-0.1, -0.05) is 13.3 Å². The molecule has 17 heavy (non-hydrogen) atoms. The summed E-state index contributed by atoms with van der Waals surface area (Å²) in [5.74, 6) is 0.912. The first kappa shape index (κ1) is 11.9. The zero-order valence-corrected chi connectivity index (χ0v) is 10.3. The fourth-order valence-corrected chi connectivity index (χ4v) is 2.14. The second kappa shape index (κ2) is 5.17. The number of nitrogens with zero attached hydrogens (tertiary/aromatic N) is 1. The third-order valence-electron chi connectivity index (χ3n) is 3.29. The summed E-state index contributed by atoms with van der Waals surface area (Å²) in [6, 6.07) is 1.66. The predicted molar refractivity (Wildman–Crippen MR) is 66.0 cm³/mol. The van der Waals surface area contributed by atoms with Gasteiger partial charge in [0, 0.05) is 5.71 Å². The Hall–Kier alpha value is -1.58. The second-order valence-corrected chi connectivity index (χ2v) is 4.58. The number of carbonyl (C=O) groups is 1. The van der Waals surface area contributed by atoms with Crippen LogP contribution in [0.5, 0.6) is 0 Å². The van der Waals surface area contributed by atoms with Crippen molar-refractivity contribution < 1.29 is 9.21 Å². The Morgan fingerprint density at radius 2 is 2.35 bits per heavy atom. The van der Waals surface area contributed by atoms with Crippen molar-refractivity contribution in [2.75, 3.05) is 0 Å². The second-order valence-electron chi connectivity index (χ2n) is 4.58. The number of furan rings is 1. The Bertz CT molecular complexity index is 434. The third-order valence-corrected chi connectivity index (χ3v) is 3.29. The van der Waals surface area contributed by atoms with Crippen LogP contribution >= 0.6 is 0 Å². The first-order chi connectivity index (χ1) is 8.18. The number of nitrogens with one attached hydrogen (secondary N) is 1. The number of hydrogen-bond acceptors (Lipinski definition) is 3. The summed E-state index contributed by atoms with van der Waals surface area (Å²) in [4.78, 5) is 11.8. The zero-order chi connectivity index (χ0) is 12.3. The molecule has 2 rings (SSSR count). The molecule has 1 saturated carbocycles. The predicted octanol–water partition coefficient (Wildman–Crippen LogP) is 2.88. The van der Waals surface area contributed by atoms with Crippen LogP contribution in [0.1, 0.15) is 48.7 Å². The van der Waals surface area contributed by atoms with Gasteiger partial charge in [-0.3, -0.25) is 4.79 Å². The van der Waals surface area contributed by atoms with Crippen LogP contribution in [0.2, 0.25) is 0 Å². The van der Waals surface area contributed by atoms with Gasteiger partial charge in [-0.15, -0.1) is 0 Å². The van der Waals surface area contributed by atoms with Crippen LogP contribution in [0.15, 0.2) is 21.8 Å². The lowest BCUT2D eigenvalue weighted by atomic mass is 9.89. The van der Waals surface area contributed by atoms with Crippen LogP contribution in [0, 0.1) is 12.8 Å². The van der Waals surface area contributed by atoms with Crippen LogP contribution in [0.3, 0.4) is 0 Å². The molecule has 0 aromatic carbocycles. The molecular formula is C13H18N2O2. The molecule has 0 saturated heterocycles. The van der Waals surface area contributed by atoms with Crippen molar-refractivity contribution >= 4 is 11.6 Å². The van der Waals surface area contributed by atoms with Gasteiger partial charge in [-0.25, -0.2) is 5.43 Å². The molecule has 1 heterocycles. The number of rotatable bonds is 2. The summed E-state index contributed by atoms with van der Waals surface area (Å²) in [5, 5.41) is 4.24. The Labute approximate surface area is 101 Å². The van der Waals surface area contributed by atoms with Crippen LogP contribution in [-0.2, 0) is 0 Å². The van der Waals surface area contributed by atoms with Crippen molar-refractivity contribution in [3.05, 3.63) is 23.7 Å². The van der Waals surface area contributed by atoms with Crippen molar-refractivity contribution in [1.29, 1.82) is 0 Å². The maximum absolute atomic E-state index is 11.8. The number of aryl methyl sites for hydroxylation is 1. The molecule has 1 unspecified atom stereocenters. The van der Waals surface area contributed by atoms with Gasteiger partial charge in [-0.2, -0.15) is 5.10 Å². The molecule has 1 aliphatic rings. The molecule has 1 N–H and O–H groups in total. The van der Waals surface area contributed by atoms with E-state index in [1.165, 1.54) is 25.5 Å². The van der Waals surface area contributed by atoms with E-state index in [0.29, 0.717) is 17.2 Å². The number of amides is 1.